The topological polar surface area (TPSA) is 79.0 Å². The number of nitrogens with zero attached hydrogens (tertiary/aromatic N) is 2. The number of benzene rings is 3. The molecule has 1 saturated heterocycles. The summed E-state index contributed by atoms with van der Waals surface area (Å²) in [7, 11) is -2.34. The Morgan fingerprint density at radius 2 is 1.59 bits per heavy atom. The maximum absolute atomic E-state index is 13.1. The lowest BCUT2D eigenvalue weighted by Gasteiger charge is -2.36. The van der Waals surface area contributed by atoms with E-state index in [4.69, 9.17) is 16.3 Å². The van der Waals surface area contributed by atoms with E-state index < -0.39 is 10.0 Å². The van der Waals surface area contributed by atoms with Gasteiger partial charge in [-0.15, -0.1) is 0 Å². The van der Waals surface area contributed by atoms with Crippen molar-refractivity contribution in [1.82, 2.24) is 4.90 Å². The van der Waals surface area contributed by atoms with Crippen molar-refractivity contribution in [3.8, 4) is 5.75 Å². The molecule has 0 radical (unpaired) electrons. The molecule has 3 aromatic carbocycles. The van der Waals surface area contributed by atoms with E-state index in [0.717, 1.165) is 17.0 Å². The minimum atomic E-state index is -3.97. The number of ether oxygens (including phenoxy) is 1. The molecule has 0 atom stereocenters. The fourth-order valence-corrected chi connectivity index (χ4v) is 5.40. The lowest BCUT2D eigenvalue weighted by molar-refractivity contribution is 0.0746. The number of carbonyl (C=O) groups excluding carboxylic acids is 1. The van der Waals surface area contributed by atoms with Gasteiger partial charge in [-0.3, -0.25) is 9.52 Å². The number of methoxy groups -OCH3 is 1. The second-order valence-electron chi connectivity index (χ2n) is 8.09. The second kappa shape index (κ2) is 9.95. The van der Waals surface area contributed by atoms with E-state index in [1.165, 1.54) is 12.1 Å². The number of hydrogen-bond donors (Lipinski definition) is 1. The number of piperazine rings is 1. The predicted octanol–water partition coefficient (Wildman–Crippen LogP) is 4.42. The Kier molecular flexibility index (Phi) is 7.00. The van der Waals surface area contributed by atoms with Crippen LogP contribution < -0.4 is 14.4 Å². The Morgan fingerprint density at radius 3 is 2.21 bits per heavy atom. The molecule has 7 nitrogen and oxygen atoms in total. The van der Waals surface area contributed by atoms with Crippen LogP contribution in [0.4, 0.5) is 11.4 Å². The first-order valence-electron chi connectivity index (χ1n) is 10.8. The molecule has 1 aliphatic rings. The number of anilines is 2. The van der Waals surface area contributed by atoms with E-state index in [1.54, 1.807) is 30.2 Å². The van der Waals surface area contributed by atoms with Gasteiger partial charge in [-0.1, -0.05) is 29.3 Å². The van der Waals surface area contributed by atoms with Gasteiger partial charge in [0.2, 0.25) is 0 Å². The molecule has 0 unspecified atom stereocenters. The number of rotatable bonds is 6. The molecule has 3 aromatic rings. The fraction of sp³-hybridized carbons (Fsp3) is 0.240. The summed E-state index contributed by atoms with van der Waals surface area (Å²) >= 11 is 6.21. The van der Waals surface area contributed by atoms with Gasteiger partial charge in [0, 0.05) is 43.1 Å². The van der Waals surface area contributed by atoms with E-state index in [-0.39, 0.29) is 21.4 Å². The molecule has 1 heterocycles. The van der Waals surface area contributed by atoms with Gasteiger partial charge in [-0.25, -0.2) is 8.42 Å². The van der Waals surface area contributed by atoms with Crippen LogP contribution >= 0.6 is 11.6 Å². The summed E-state index contributed by atoms with van der Waals surface area (Å²) < 4.78 is 33.7. The van der Waals surface area contributed by atoms with Crippen molar-refractivity contribution in [2.24, 2.45) is 0 Å². The zero-order valence-corrected chi connectivity index (χ0v) is 20.6. The molecule has 0 aliphatic carbocycles. The highest BCUT2D eigenvalue weighted by atomic mass is 35.5. The molecular formula is C25H26ClN3O4S. The summed E-state index contributed by atoms with van der Waals surface area (Å²) in [6.45, 7) is 4.31. The van der Waals surface area contributed by atoms with Crippen molar-refractivity contribution in [3.63, 3.8) is 0 Å². The average Bonchev–Trinajstić information content (AvgIpc) is 2.85. The normalized spacial score (nSPS) is 14.1. The average molecular weight is 500 g/mol. The maximum atomic E-state index is 13.1. The van der Waals surface area contributed by atoms with Crippen LogP contribution in [0.15, 0.2) is 71.6 Å². The highest BCUT2D eigenvalue weighted by Gasteiger charge is 2.25. The zero-order valence-electron chi connectivity index (χ0n) is 19.0. The lowest BCUT2D eigenvalue weighted by atomic mass is 10.1. The number of amides is 1. The van der Waals surface area contributed by atoms with Crippen molar-refractivity contribution >= 4 is 38.9 Å². The maximum Gasteiger partial charge on any atom is 0.263 e. The fourth-order valence-electron chi connectivity index (χ4n) is 3.82. The zero-order chi connectivity index (χ0) is 24.3. The van der Waals surface area contributed by atoms with Crippen LogP contribution in [0.3, 0.4) is 0 Å². The highest BCUT2D eigenvalue weighted by Crippen LogP contribution is 2.27. The third-order valence-corrected chi connectivity index (χ3v) is 7.64. The van der Waals surface area contributed by atoms with E-state index in [0.29, 0.717) is 31.9 Å². The Balaban J connectivity index is 1.46. The van der Waals surface area contributed by atoms with Gasteiger partial charge in [-0.2, -0.15) is 0 Å². The van der Waals surface area contributed by atoms with E-state index in [9.17, 15) is 13.2 Å². The van der Waals surface area contributed by atoms with Gasteiger partial charge in [0.25, 0.3) is 15.9 Å². The summed E-state index contributed by atoms with van der Waals surface area (Å²) in [6, 6.07) is 19.1. The largest absolute Gasteiger partial charge is 0.497 e. The summed E-state index contributed by atoms with van der Waals surface area (Å²) in [4.78, 5) is 16.9. The molecule has 0 saturated carbocycles. The monoisotopic (exact) mass is 499 g/mol. The highest BCUT2D eigenvalue weighted by molar-refractivity contribution is 7.92. The van der Waals surface area contributed by atoms with Gasteiger partial charge in [0.05, 0.1) is 12.1 Å². The third kappa shape index (κ3) is 5.29. The summed E-state index contributed by atoms with van der Waals surface area (Å²) in [6.07, 6.45) is 0. The molecule has 0 aromatic heterocycles. The van der Waals surface area contributed by atoms with Crippen LogP contribution in [0, 0.1) is 6.92 Å². The smallest absolute Gasteiger partial charge is 0.263 e. The Labute approximate surface area is 205 Å². The standard InChI is InChI=1S/C25H26ClN3O4S/c1-18-3-6-20(7-4-18)27-34(31,32)24-17-19(5-12-23(24)26)25(30)29-15-13-28(14-16-29)21-8-10-22(33-2)11-9-21/h3-12,17,27H,13-16H2,1-2H3. The molecule has 178 valence electrons. The van der Waals surface area contributed by atoms with Crippen LogP contribution in [0.5, 0.6) is 5.75 Å². The number of aryl methyl sites for hydroxylation is 1. The van der Waals surface area contributed by atoms with Crippen LogP contribution in [-0.2, 0) is 10.0 Å². The molecule has 1 N–H and O–H groups in total. The third-order valence-electron chi connectivity index (χ3n) is 5.78. The Bertz CT molecular complexity index is 1270. The first-order valence-corrected chi connectivity index (χ1v) is 12.7. The van der Waals surface area contributed by atoms with E-state index in [2.05, 4.69) is 9.62 Å². The first-order chi connectivity index (χ1) is 16.3. The van der Waals surface area contributed by atoms with Crippen LogP contribution in [-0.4, -0.2) is 52.5 Å². The van der Waals surface area contributed by atoms with Crippen LogP contribution in [0.2, 0.25) is 5.02 Å². The Morgan fingerprint density at radius 1 is 0.941 bits per heavy atom. The minimum Gasteiger partial charge on any atom is -0.497 e. The molecule has 1 amide bonds. The molecule has 1 aliphatic heterocycles. The SMILES string of the molecule is COc1ccc(N2CCN(C(=O)c3ccc(Cl)c(S(=O)(=O)Nc4ccc(C)cc4)c3)CC2)cc1. The van der Waals surface area contributed by atoms with Gasteiger partial charge >= 0.3 is 0 Å². The van der Waals surface area contributed by atoms with Crippen molar-refractivity contribution < 1.29 is 17.9 Å². The summed E-state index contributed by atoms with van der Waals surface area (Å²) in [5, 5.41) is 0.0560. The lowest BCUT2D eigenvalue weighted by Crippen LogP contribution is -2.48. The number of sulfonamides is 1. The van der Waals surface area contributed by atoms with Crippen molar-refractivity contribution in [2.75, 3.05) is 42.9 Å². The number of nitrogens with one attached hydrogen (secondary N) is 1. The van der Waals surface area contributed by atoms with Crippen molar-refractivity contribution in [2.45, 2.75) is 11.8 Å². The van der Waals surface area contributed by atoms with Gasteiger partial charge in [-0.05, 0) is 61.5 Å². The molecule has 4 rings (SSSR count). The summed E-state index contributed by atoms with van der Waals surface area (Å²) in [5.41, 5.74) is 2.79. The van der Waals surface area contributed by atoms with E-state index >= 15 is 0 Å². The van der Waals surface area contributed by atoms with Crippen molar-refractivity contribution in [1.29, 1.82) is 0 Å². The van der Waals surface area contributed by atoms with Gasteiger partial charge < -0.3 is 14.5 Å². The summed E-state index contributed by atoms with van der Waals surface area (Å²) in [5.74, 6) is 0.570. The predicted molar refractivity (Wildman–Crippen MR) is 135 cm³/mol. The molecule has 0 bridgehead atoms. The number of halogens is 1. The molecule has 9 heteroatoms. The van der Waals surface area contributed by atoms with Gasteiger partial charge in [0.15, 0.2) is 0 Å². The molecule has 0 spiro atoms. The van der Waals surface area contributed by atoms with E-state index in [1.807, 2.05) is 43.3 Å². The first kappa shape index (κ1) is 23.9. The molecule has 1 fully saturated rings. The van der Waals surface area contributed by atoms with Gasteiger partial charge in [0.1, 0.15) is 10.6 Å². The number of hydrogen-bond acceptors (Lipinski definition) is 5. The number of carbonyl (C=O) groups is 1. The van der Waals surface area contributed by atoms with Crippen LogP contribution in [0.1, 0.15) is 15.9 Å². The Hall–Kier alpha value is -3.23. The molecular weight excluding hydrogens is 474 g/mol. The van der Waals surface area contributed by atoms with Crippen molar-refractivity contribution in [3.05, 3.63) is 82.9 Å². The molecule has 34 heavy (non-hydrogen) atoms. The quantitative estimate of drug-likeness (QED) is 0.543. The second-order valence-corrected chi connectivity index (χ2v) is 10.2. The van der Waals surface area contributed by atoms with Crippen LogP contribution in [0.25, 0.3) is 0 Å². The minimum absolute atomic E-state index is 0.0560.